The largest absolute Gasteiger partial charge is 0.319 e. The lowest BCUT2D eigenvalue weighted by atomic mass is 10.3. The van der Waals surface area contributed by atoms with Crippen LogP contribution in [0.5, 0.6) is 0 Å². The molecule has 0 N–H and O–H groups in total. The normalized spacial score (nSPS) is 14.6. The molecule has 20 heavy (non-hydrogen) atoms. The summed E-state index contributed by atoms with van der Waals surface area (Å²) in [7, 11) is 1.92. The van der Waals surface area contributed by atoms with Crippen molar-refractivity contribution < 1.29 is 0 Å². The van der Waals surface area contributed by atoms with Crippen molar-refractivity contribution in [1.29, 1.82) is 0 Å². The van der Waals surface area contributed by atoms with E-state index in [0.29, 0.717) is 0 Å². The van der Waals surface area contributed by atoms with Crippen molar-refractivity contribution >= 4 is 22.8 Å². The van der Waals surface area contributed by atoms with Gasteiger partial charge < -0.3 is 9.13 Å². The van der Waals surface area contributed by atoms with E-state index < -0.39 is 0 Å². The molecule has 0 aliphatic rings. The van der Waals surface area contributed by atoms with Crippen molar-refractivity contribution in [3.63, 3.8) is 0 Å². The number of alkyl halides is 1. The highest BCUT2D eigenvalue weighted by molar-refractivity contribution is 6.20. The van der Waals surface area contributed by atoms with Crippen LogP contribution in [0.1, 0.15) is 36.9 Å². The Labute approximate surface area is 121 Å². The molecule has 0 fully saturated rings. The summed E-state index contributed by atoms with van der Waals surface area (Å²) in [6, 6.07) is 3.76. The minimum absolute atomic E-state index is 0.0430. The van der Waals surface area contributed by atoms with Gasteiger partial charge in [-0.2, -0.15) is 0 Å². The van der Waals surface area contributed by atoms with Gasteiger partial charge in [0.2, 0.25) is 0 Å². The molecule has 0 saturated heterocycles. The number of rotatable bonds is 3. The highest BCUT2D eigenvalue weighted by Crippen LogP contribution is 2.29. The maximum atomic E-state index is 6.27. The van der Waals surface area contributed by atoms with Gasteiger partial charge in [-0.15, -0.1) is 21.8 Å². The topological polar surface area (TPSA) is 61.4 Å². The molecule has 3 rings (SSSR count). The summed E-state index contributed by atoms with van der Waals surface area (Å²) < 4.78 is 3.92. The standard InChI is InChI=1S/C13H15ClN6/c1-8(14)11-17-10-5-4-6-15-13(10)20(11)9(2)12-18-16-7-19(12)3/h4-9H,1-3H3. The Hall–Kier alpha value is -1.95. The van der Waals surface area contributed by atoms with E-state index in [2.05, 4.69) is 20.2 Å². The number of hydrogen-bond acceptors (Lipinski definition) is 4. The van der Waals surface area contributed by atoms with Crippen LogP contribution in [0.2, 0.25) is 0 Å². The number of nitrogens with zero attached hydrogens (tertiary/aromatic N) is 6. The van der Waals surface area contributed by atoms with Gasteiger partial charge in [-0.3, -0.25) is 0 Å². The minimum Gasteiger partial charge on any atom is -0.319 e. The van der Waals surface area contributed by atoms with E-state index in [1.165, 1.54) is 0 Å². The highest BCUT2D eigenvalue weighted by Gasteiger charge is 2.23. The fourth-order valence-corrected chi connectivity index (χ4v) is 2.55. The number of hydrogen-bond donors (Lipinski definition) is 0. The average molecular weight is 291 g/mol. The van der Waals surface area contributed by atoms with Crippen LogP contribution in [0.4, 0.5) is 0 Å². The second-order valence-corrected chi connectivity index (χ2v) is 5.43. The summed E-state index contributed by atoms with van der Waals surface area (Å²) in [6.45, 7) is 3.95. The van der Waals surface area contributed by atoms with Crippen LogP contribution in [0, 0.1) is 0 Å². The smallest absolute Gasteiger partial charge is 0.160 e. The van der Waals surface area contributed by atoms with Gasteiger partial charge in [0.1, 0.15) is 17.7 Å². The Bertz CT molecular complexity index is 744. The molecule has 6 nitrogen and oxygen atoms in total. The molecule has 0 aliphatic carbocycles. The lowest BCUT2D eigenvalue weighted by Crippen LogP contribution is -2.15. The maximum absolute atomic E-state index is 6.27. The van der Waals surface area contributed by atoms with Crippen LogP contribution >= 0.6 is 11.6 Å². The van der Waals surface area contributed by atoms with E-state index in [4.69, 9.17) is 11.6 Å². The zero-order valence-corrected chi connectivity index (χ0v) is 12.3. The number of halogens is 1. The summed E-state index contributed by atoms with van der Waals surface area (Å²) in [5.41, 5.74) is 1.65. The van der Waals surface area contributed by atoms with Crippen molar-refractivity contribution in [2.45, 2.75) is 25.3 Å². The molecule has 7 heteroatoms. The first-order valence-corrected chi connectivity index (χ1v) is 6.84. The minimum atomic E-state index is -0.208. The molecule has 3 aromatic heterocycles. The van der Waals surface area contributed by atoms with E-state index in [1.54, 1.807) is 12.5 Å². The Morgan fingerprint density at radius 1 is 1.25 bits per heavy atom. The quantitative estimate of drug-likeness (QED) is 0.695. The monoisotopic (exact) mass is 290 g/mol. The van der Waals surface area contributed by atoms with E-state index in [9.17, 15) is 0 Å². The molecule has 2 atom stereocenters. The lowest BCUT2D eigenvalue weighted by molar-refractivity contribution is 0.559. The molecule has 104 valence electrons. The van der Waals surface area contributed by atoms with Gasteiger partial charge in [0.25, 0.3) is 0 Å². The second-order valence-electron chi connectivity index (χ2n) is 4.78. The average Bonchev–Trinajstić information content (AvgIpc) is 3.01. The van der Waals surface area contributed by atoms with Gasteiger partial charge in [0.15, 0.2) is 11.5 Å². The van der Waals surface area contributed by atoms with Gasteiger partial charge in [-0.25, -0.2) is 9.97 Å². The first-order valence-electron chi connectivity index (χ1n) is 6.40. The van der Waals surface area contributed by atoms with Gasteiger partial charge in [0, 0.05) is 13.2 Å². The van der Waals surface area contributed by atoms with Gasteiger partial charge >= 0.3 is 0 Å². The summed E-state index contributed by atoms with van der Waals surface area (Å²) in [5, 5.41) is 7.90. The second kappa shape index (κ2) is 4.86. The first kappa shape index (κ1) is 13.1. The molecule has 0 radical (unpaired) electrons. The molecular formula is C13H15ClN6. The molecule has 0 amide bonds. The summed E-state index contributed by atoms with van der Waals surface area (Å²) >= 11 is 6.27. The molecule has 0 aliphatic heterocycles. The number of pyridine rings is 1. The molecule has 0 spiro atoms. The lowest BCUT2D eigenvalue weighted by Gasteiger charge is -2.17. The SMILES string of the molecule is CC(Cl)c1nc2cccnc2n1C(C)c1nncn1C. The molecule has 2 unspecified atom stereocenters. The molecule has 0 aromatic carbocycles. The van der Waals surface area contributed by atoms with Crippen LogP contribution in [0.25, 0.3) is 11.2 Å². The third-order valence-electron chi connectivity index (χ3n) is 3.34. The number of imidazole rings is 1. The van der Waals surface area contributed by atoms with Crippen molar-refractivity contribution in [2.24, 2.45) is 7.05 Å². The van der Waals surface area contributed by atoms with Crippen LogP contribution < -0.4 is 0 Å². The number of aryl methyl sites for hydroxylation is 1. The fourth-order valence-electron chi connectivity index (χ4n) is 2.40. The van der Waals surface area contributed by atoms with Crippen molar-refractivity contribution in [2.75, 3.05) is 0 Å². The summed E-state index contributed by atoms with van der Waals surface area (Å²) in [4.78, 5) is 9.01. The third-order valence-corrected chi connectivity index (χ3v) is 3.53. The van der Waals surface area contributed by atoms with Gasteiger partial charge in [-0.05, 0) is 26.0 Å². The first-order chi connectivity index (χ1) is 9.59. The molecule has 3 heterocycles. The van der Waals surface area contributed by atoms with Crippen LogP contribution in [0.3, 0.4) is 0 Å². The molecule has 0 bridgehead atoms. The Morgan fingerprint density at radius 3 is 2.70 bits per heavy atom. The Morgan fingerprint density at radius 2 is 2.05 bits per heavy atom. The van der Waals surface area contributed by atoms with Gasteiger partial charge in [-0.1, -0.05) is 0 Å². The van der Waals surface area contributed by atoms with Gasteiger partial charge in [0.05, 0.1) is 11.4 Å². The van der Waals surface area contributed by atoms with E-state index in [-0.39, 0.29) is 11.4 Å². The highest BCUT2D eigenvalue weighted by atomic mass is 35.5. The van der Waals surface area contributed by atoms with E-state index in [0.717, 1.165) is 22.8 Å². The number of fused-ring (bicyclic) bond motifs is 1. The van der Waals surface area contributed by atoms with Crippen molar-refractivity contribution in [3.8, 4) is 0 Å². The Balaban J connectivity index is 2.23. The van der Waals surface area contributed by atoms with E-state index in [1.807, 2.05) is 42.2 Å². The summed E-state index contributed by atoms with van der Waals surface area (Å²) in [6.07, 6.45) is 3.44. The van der Waals surface area contributed by atoms with Crippen LogP contribution in [0.15, 0.2) is 24.7 Å². The Kier molecular flexibility index (Phi) is 3.17. The molecular weight excluding hydrogens is 276 g/mol. The molecule has 3 aromatic rings. The predicted octanol–water partition coefficient (Wildman–Crippen LogP) is 2.47. The number of aromatic nitrogens is 6. The molecule has 0 saturated carbocycles. The zero-order chi connectivity index (χ0) is 14.3. The zero-order valence-electron chi connectivity index (χ0n) is 11.5. The summed E-state index contributed by atoms with van der Waals surface area (Å²) in [5.74, 6) is 1.63. The predicted molar refractivity (Wildman–Crippen MR) is 76.6 cm³/mol. The fraction of sp³-hybridized carbons (Fsp3) is 0.385. The van der Waals surface area contributed by atoms with Crippen LogP contribution in [-0.4, -0.2) is 29.3 Å². The van der Waals surface area contributed by atoms with E-state index >= 15 is 0 Å². The van der Waals surface area contributed by atoms with Crippen molar-refractivity contribution in [3.05, 3.63) is 36.3 Å². The van der Waals surface area contributed by atoms with Crippen LogP contribution in [-0.2, 0) is 7.05 Å². The maximum Gasteiger partial charge on any atom is 0.160 e. The van der Waals surface area contributed by atoms with Crippen molar-refractivity contribution in [1.82, 2.24) is 29.3 Å². The third kappa shape index (κ3) is 1.96.